The van der Waals surface area contributed by atoms with E-state index in [0.717, 1.165) is 11.4 Å². The molecule has 0 amide bonds. The monoisotopic (exact) mass is 415 g/mol. The first-order chi connectivity index (χ1) is 13.3. The first-order valence-electron chi connectivity index (χ1n) is 8.12. The van der Waals surface area contributed by atoms with Gasteiger partial charge in [0.2, 0.25) is 11.9 Å². The summed E-state index contributed by atoms with van der Waals surface area (Å²) in [5, 5.41) is 6.15. The van der Waals surface area contributed by atoms with Gasteiger partial charge in [0, 0.05) is 29.5 Å². The lowest BCUT2D eigenvalue weighted by Gasteiger charge is -2.11. The Morgan fingerprint density at radius 2 is 1.54 bits per heavy atom. The summed E-state index contributed by atoms with van der Waals surface area (Å²) in [6, 6.07) is 9.54. The molecule has 144 valence electrons. The van der Waals surface area contributed by atoms with Crippen molar-refractivity contribution in [1.29, 1.82) is 0 Å². The summed E-state index contributed by atoms with van der Waals surface area (Å²) in [6.45, 7) is 3.73. The van der Waals surface area contributed by atoms with Gasteiger partial charge >= 0.3 is 0 Å². The Kier molecular flexibility index (Phi) is 5.76. The molecule has 0 unspecified atom stereocenters. The largest absolute Gasteiger partial charge is 0.332 e. The molecule has 28 heavy (non-hydrogen) atoms. The number of sulfonamides is 1. The first kappa shape index (κ1) is 19.6. The minimum Gasteiger partial charge on any atom is -0.332 e. The number of hydrogen-bond acceptors (Lipinski definition) is 7. The Bertz CT molecular complexity index is 1070. The molecule has 0 radical (unpaired) electrons. The molecule has 3 N–H and O–H groups in total. The third-order valence-electron chi connectivity index (χ3n) is 3.42. The molecule has 11 heteroatoms. The van der Waals surface area contributed by atoms with E-state index < -0.39 is 10.0 Å². The van der Waals surface area contributed by atoms with Crippen LogP contribution in [0, 0.1) is 13.8 Å². The molecule has 2 aromatic heterocycles. The Morgan fingerprint density at radius 1 is 0.929 bits per heavy atom. The number of nitrogens with one attached hydrogen (secondary N) is 3. The van der Waals surface area contributed by atoms with Gasteiger partial charge < -0.3 is 10.6 Å². The van der Waals surface area contributed by atoms with E-state index in [1.165, 1.54) is 24.5 Å². The number of aromatic nitrogens is 4. The van der Waals surface area contributed by atoms with Crippen LogP contribution in [-0.2, 0) is 10.0 Å². The third kappa shape index (κ3) is 5.18. The second-order valence-electron chi connectivity index (χ2n) is 5.76. The zero-order valence-corrected chi connectivity index (χ0v) is 16.7. The second kappa shape index (κ2) is 8.23. The number of thiocarbonyl (C=S) groups is 1. The van der Waals surface area contributed by atoms with Crippen molar-refractivity contribution in [3.63, 3.8) is 0 Å². The van der Waals surface area contributed by atoms with Gasteiger partial charge in [-0.25, -0.2) is 33.1 Å². The number of aryl methyl sites for hydroxylation is 2. The molecule has 3 rings (SSSR count). The molecule has 0 aliphatic rings. The highest BCUT2D eigenvalue weighted by atomic mass is 32.2. The minimum atomic E-state index is -3.79. The fraction of sp³-hybridized carbons (Fsp3) is 0.118. The molecule has 0 spiro atoms. The van der Waals surface area contributed by atoms with E-state index in [2.05, 4.69) is 35.3 Å². The standard InChI is InChI=1S/C17H17N7O2S2/c1-11-10-12(2)21-16(20-11)23-17(27)22-13-4-6-14(7-5-13)28(25,26)24-15-18-8-3-9-19-15/h3-10H,1-2H3,(H,18,19,24)(H2,20,21,22,23,27). The number of anilines is 3. The van der Waals surface area contributed by atoms with Crippen molar-refractivity contribution >= 4 is 44.9 Å². The zero-order chi connectivity index (χ0) is 20.1. The number of nitrogens with zero attached hydrogens (tertiary/aromatic N) is 4. The molecule has 0 bridgehead atoms. The summed E-state index contributed by atoms with van der Waals surface area (Å²) >= 11 is 5.25. The SMILES string of the molecule is Cc1cc(C)nc(NC(=S)Nc2ccc(S(=O)(=O)Nc3ncccn3)cc2)n1. The maximum absolute atomic E-state index is 12.4. The number of benzene rings is 1. The van der Waals surface area contributed by atoms with E-state index in [1.54, 1.807) is 18.2 Å². The van der Waals surface area contributed by atoms with E-state index in [9.17, 15) is 8.42 Å². The molecule has 0 aliphatic carbocycles. The topological polar surface area (TPSA) is 122 Å². The average Bonchev–Trinajstić information content (AvgIpc) is 2.61. The van der Waals surface area contributed by atoms with Crippen LogP contribution in [0.25, 0.3) is 0 Å². The van der Waals surface area contributed by atoms with Crippen molar-refractivity contribution in [2.24, 2.45) is 0 Å². The van der Waals surface area contributed by atoms with Crippen LogP contribution in [0.4, 0.5) is 17.6 Å². The summed E-state index contributed by atoms with van der Waals surface area (Å²) < 4.78 is 27.1. The second-order valence-corrected chi connectivity index (χ2v) is 7.85. The molecular weight excluding hydrogens is 398 g/mol. The van der Waals surface area contributed by atoms with Crippen molar-refractivity contribution in [1.82, 2.24) is 19.9 Å². The van der Waals surface area contributed by atoms with Gasteiger partial charge in [-0.15, -0.1) is 0 Å². The summed E-state index contributed by atoms with van der Waals surface area (Å²) in [7, 11) is -3.79. The van der Waals surface area contributed by atoms with Gasteiger partial charge in [0.05, 0.1) is 4.90 Å². The lowest BCUT2D eigenvalue weighted by atomic mass is 10.3. The molecule has 1 aromatic carbocycles. The number of rotatable bonds is 5. The van der Waals surface area contributed by atoms with Gasteiger partial charge in [-0.3, -0.25) is 0 Å². The van der Waals surface area contributed by atoms with Crippen molar-refractivity contribution in [3.8, 4) is 0 Å². The van der Waals surface area contributed by atoms with E-state index in [-0.39, 0.29) is 16.0 Å². The molecular formula is C17H17N7O2S2. The maximum atomic E-state index is 12.4. The molecule has 9 nitrogen and oxygen atoms in total. The molecule has 3 aromatic rings. The van der Waals surface area contributed by atoms with Crippen LogP contribution in [0.3, 0.4) is 0 Å². The summed E-state index contributed by atoms with van der Waals surface area (Å²) in [5.74, 6) is 0.393. The van der Waals surface area contributed by atoms with Crippen molar-refractivity contribution < 1.29 is 8.42 Å². The number of hydrogen-bond donors (Lipinski definition) is 3. The maximum Gasteiger partial charge on any atom is 0.264 e. The van der Waals surface area contributed by atoms with Crippen LogP contribution in [-0.4, -0.2) is 33.5 Å². The minimum absolute atomic E-state index is 0.00327. The Labute approximate surface area is 167 Å². The van der Waals surface area contributed by atoms with Crippen LogP contribution in [0.2, 0.25) is 0 Å². The van der Waals surface area contributed by atoms with Crippen LogP contribution in [0.5, 0.6) is 0 Å². The normalized spacial score (nSPS) is 10.9. The molecule has 0 aliphatic heterocycles. The van der Waals surface area contributed by atoms with Gasteiger partial charge in [-0.2, -0.15) is 0 Å². The van der Waals surface area contributed by atoms with E-state index in [4.69, 9.17) is 12.2 Å². The Morgan fingerprint density at radius 3 is 2.14 bits per heavy atom. The van der Waals surface area contributed by atoms with E-state index in [0.29, 0.717) is 11.6 Å². The van der Waals surface area contributed by atoms with Crippen molar-refractivity contribution in [3.05, 3.63) is 60.2 Å². The summed E-state index contributed by atoms with van der Waals surface area (Å²) in [5.41, 5.74) is 2.25. The fourth-order valence-electron chi connectivity index (χ4n) is 2.29. The molecule has 0 saturated carbocycles. The Hall–Kier alpha value is -3.18. The molecule has 0 atom stereocenters. The average molecular weight is 416 g/mol. The predicted octanol–water partition coefficient (Wildman–Crippen LogP) is 2.49. The lowest BCUT2D eigenvalue weighted by molar-refractivity contribution is 0.601. The van der Waals surface area contributed by atoms with Crippen LogP contribution >= 0.6 is 12.2 Å². The summed E-state index contributed by atoms with van der Waals surface area (Å²) in [6.07, 6.45) is 2.90. The Balaban J connectivity index is 1.66. The first-order valence-corrected chi connectivity index (χ1v) is 10.0. The lowest BCUT2D eigenvalue weighted by Crippen LogP contribution is -2.21. The van der Waals surface area contributed by atoms with Crippen molar-refractivity contribution in [2.45, 2.75) is 18.7 Å². The molecule has 2 heterocycles. The highest BCUT2D eigenvalue weighted by Gasteiger charge is 2.15. The fourth-order valence-corrected chi connectivity index (χ4v) is 3.46. The zero-order valence-electron chi connectivity index (χ0n) is 15.0. The van der Waals surface area contributed by atoms with Gasteiger partial charge in [-0.05, 0) is 62.5 Å². The van der Waals surface area contributed by atoms with E-state index in [1.807, 2.05) is 19.9 Å². The van der Waals surface area contributed by atoms with Gasteiger partial charge in [0.1, 0.15) is 0 Å². The van der Waals surface area contributed by atoms with Gasteiger partial charge in [0.25, 0.3) is 10.0 Å². The van der Waals surface area contributed by atoms with Gasteiger partial charge in [0.15, 0.2) is 5.11 Å². The van der Waals surface area contributed by atoms with Crippen molar-refractivity contribution in [2.75, 3.05) is 15.4 Å². The molecule has 0 saturated heterocycles. The smallest absolute Gasteiger partial charge is 0.264 e. The highest BCUT2D eigenvalue weighted by molar-refractivity contribution is 7.92. The predicted molar refractivity (Wildman–Crippen MR) is 111 cm³/mol. The highest BCUT2D eigenvalue weighted by Crippen LogP contribution is 2.16. The van der Waals surface area contributed by atoms with Crippen LogP contribution < -0.4 is 15.4 Å². The molecule has 0 fully saturated rings. The van der Waals surface area contributed by atoms with Crippen LogP contribution in [0.15, 0.2) is 53.7 Å². The van der Waals surface area contributed by atoms with E-state index >= 15 is 0 Å². The third-order valence-corrected chi connectivity index (χ3v) is 4.97. The van der Waals surface area contributed by atoms with Crippen LogP contribution in [0.1, 0.15) is 11.4 Å². The quantitative estimate of drug-likeness (QED) is 0.539. The van der Waals surface area contributed by atoms with Gasteiger partial charge in [-0.1, -0.05) is 0 Å². The summed E-state index contributed by atoms with van der Waals surface area (Å²) in [4.78, 5) is 16.3.